The van der Waals surface area contributed by atoms with E-state index in [0.717, 1.165) is 12.8 Å². The molecule has 188 valence electrons. The van der Waals surface area contributed by atoms with Gasteiger partial charge in [-0.3, -0.25) is 9.20 Å². The van der Waals surface area contributed by atoms with E-state index in [1.165, 1.54) is 19.2 Å². The van der Waals surface area contributed by atoms with Gasteiger partial charge in [0.2, 0.25) is 0 Å². The van der Waals surface area contributed by atoms with Crippen molar-refractivity contribution in [3.63, 3.8) is 0 Å². The molecule has 1 fully saturated rings. The van der Waals surface area contributed by atoms with Gasteiger partial charge in [0.25, 0.3) is 5.91 Å². The highest BCUT2D eigenvalue weighted by Crippen LogP contribution is 2.42. The first-order chi connectivity index (χ1) is 16.5. The summed E-state index contributed by atoms with van der Waals surface area (Å²) in [4.78, 5) is 21.8. The molecule has 0 unspecified atom stereocenters. The number of benzene rings is 1. The van der Waals surface area contributed by atoms with Crippen molar-refractivity contribution in [2.24, 2.45) is 0 Å². The number of hydrogen-bond acceptors (Lipinski definition) is 7. The molecule has 11 heteroatoms. The van der Waals surface area contributed by atoms with Crippen LogP contribution in [0.15, 0.2) is 18.5 Å². The van der Waals surface area contributed by atoms with Gasteiger partial charge in [0.1, 0.15) is 34.1 Å². The van der Waals surface area contributed by atoms with Gasteiger partial charge >= 0.3 is 0 Å². The summed E-state index contributed by atoms with van der Waals surface area (Å²) in [7, 11) is 0. The molecule has 1 aliphatic rings. The molecule has 0 aliphatic carbocycles. The van der Waals surface area contributed by atoms with Crippen LogP contribution in [0.3, 0.4) is 0 Å². The summed E-state index contributed by atoms with van der Waals surface area (Å²) in [5, 5.41) is 14.2. The molecule has 3 aromatic rings. The zero-order valence-electron chi connectivity index (χ0n) is 20.1. The fourth-order valence-corrected chi connectivity index (χ4v) is 4.54. The predicted molar refractivity (Wildman–Crippen MR) is 129 cm³/mol. The molecule has 0 spiro atoms. The van der Waals surface area contributed by atoms with Crippen molar-refractivity contribution in [1.82, 2.24) is 19.7 Å². The minimum Gasteiger partial charge on any atom is -0.490 e. The third-order valence-corrected chi connectivity index (χ3v) is 6.26. The number of rotatable bonds is 7. The van der Waals surface area contributed by atoms with Crippen LogP contribution in [-0.2, 0) is 10.3 Å². The second-order valence-electron chi connectivity index (χ2n) is 9.06. The van der Waals surface area contributed by atoms with Crippen LogP contribution in [0.4, 0.5) is 10.2 Å². The van der Waals surface area contributed by atoms with Crippen LogP contribution in [0.1, 0.15) is 61.1 Å². The number of hydrogen-bond donors (Lipinski definition) is 3. The first kappa shape index (κ1) is 25.2. The zero-order valence-corrected chi connectivity index (χ0v) is 20.8. The van der Waals surface area contributed by atoms with E-state index in [2.05, 4.69) is 15.3 Å². The Bertz CT molecular complexity index is 1270. The van der Waals surface area contributed by atoms with E-state index in [0.29, 0.717) is 17.8 Å². The van der Waals surface area contributed by atoms with Gasteiger partial charge in [0, 0.05) is 31.1 Å². The van der Waals surface area contributed by atoms with Crippen LogP contribution in [0.5, 0.6) is 5.75 Å². The molecular formula is C24H29ClFN5O4. The molecule has 2 aromatic heterocycles. The Morgan fingerprint density at radius 1 is 1.51 bits per heavy atom. The average Bonchev–Trinajstić information content (AvgIpc) is 3.43. The molecule has 9 nitrogen and oxygen atoms in total. The third kappa shape index (κ3) is 4.65. The lowest BCUT2D eigenvalue weighted by atomic mass is 9.91. The molecule has 0 saturated carbocycles. The van der Waals surface area contributed by atoms with Gasteiger partial charge in [0.05, 0.1) is 22.9 Å². The van der Waals surface area contributed by atoms with E-state index in [-0.39, 0.29) is 40.6 Å². The van der Waals surface area contributed by atoms with Crippen LogP contribution in [0, 0.1) is 12.7 Å². The lowest BCUT2D eigenvalue weighted by molar-refractivity contribution is 0.0816. The molecule has 1 saturated heterocycles. The Labute approximate surface area is 207 Å². The standard InChI is InChI=1S/C24H29ClFN5O4/c1-12(2)35-20-15(24(4,33)23-30-13(3)19-21(27)28-7-8-31(19)23)10-16(25)18(26)17(20)22(32)29-11-14-6-5-9-34-14/h7-8,10,12,14,33H,5-6,9,11H2,1-4H3,(H2,27,28)(H,29,32)/t14-,24-/m0/s1. The van der Waals surface area contributed by atoms with Gasteiger partial charge in [0.15, 0.2) is 5.82 Å². The minimum atomic E-state index is -1.85. The maximum absolute atomic E-state index is 15.3. The van der Waals surface area contributed by atoms with Crippen LogP contribution in [0.25, 0.3) is 5.52 Å². The highest BCUT2D eigenvalue weighted by molar-refractivity contribution is 6.31. The average molecular weight is 506 g/mol. The van der Waals surface area contributed by atoms with E-state index in [4.69, 9.17) is 26.8 Å². The normalized spacial score (nSPS) is 17.7. The van der Waals surface area contributed by atoms with E-state index in [9.17, 15) is 9.90 Å². The highest BCUT2D eigenvalue weighted by atomic mass is 35.5. The molecule has 0 radical (unpaired) electrons. The van der Waals surface area contributed by atoms with E-state index in [1.54, 1.807) is 31.4 Å². The number of anilines is 1. The molecule has 1 aliphatic heterocycles. The number of nitrogen functional groups attached to an aromatic ring is 1. The quantitative estimate of drug-likeness (QED) is 0.449. The molecule has 2 atom stereocenters. The van der Waals surface area contributed by atoms with Gasteiger partial charge in [-0.1, -0.05) is 11.6 Å². The summed E-state index contributed by atoms with van der Waals surface area (Å²) in [6.45, 7) is 7.52. The van der Waals surface area contributed by atoms with Gasteiger partial charge < -0.3 is 25.6 Å². The number of nitrogens with zero attached hydrogens (tertiary/aromatic N) is 3. The topological polar surface area (TPSA) is 124 Å². The molecule has 35 heavy (non-hydrogen) atoms. The van der Waals surface area contributed by atoms with E-state index in [1.807, 2.05) is 0 Å². The molecule has 4 N–H and O–H groups in total. The molecule has 3 heterocycles. The zero-order chi connectivity index (χ0) is 25.5. The summed E-state index contributed by atoms with van der Waals surface area (Å²) < 4.78 is 28.4. The predicted octanol–water partition coefficient (Wildman–Crippen LogP) is 3.36. The summed E-state index contributed by atoms with van der Waals surface area (Å²) in [6, 6.07) is 1.26. The molecule has 1 amide bonds. The number of halogens is 2. The van der Waals surface area contributed by atoms with Crippen molar-refractivity contribution >= 4 is 28.8 Å². The van der Waals surface area contributed by atoms with E-state index < -0.39 is 29.0 Å². The summed E-state index contributed by atoms with van der Waals surface area (Å²) in [5.74, 6) is -1.35. The van der Waals surface area contributed by atoms with Gasteiger partial charge in [-0.2, -0.15) is 0 Å². The summed E-state index contributed by atoms with van der Waals surface area (Å²) >= 11 is 6.24. The SMILES string of the molecule is Cc1nc([C@@](C)(O)c2cc(Cl)c(F)c(C(=O)NC[C@@H]3CCCO3)c2OC(C)C)n2ccnc(N)c12. The fourth-order valence-electron chi connectivity index (χ4n) is 4.34. The Balaban J connectivity index is 1.87. The number of carbonyl (C=O) groups excluding carboxylic acids is 1. The second kappa shape index (κ2) is 9.60. The van der Waals surface area contributed by atoms with Crippen molar-refractivity contribution in [2.45, 2.75) is 58.3 Å². The Kier molecular flexibility index (Phi) is 6.90. The largest absolute Gasteiger partial charge is 0.490 e. The number of nitrogens with one attached hydrogen (secondary N) is 1. The maximum atomic E-state index is 15.3. The molecule has 0 bridgehead atoms. The Hall–Kier alpha value is -2.95. The van der Waals surface area contributed by atoms with Crippen LogP contribution < -0.4 is 15.8 Å². The first-order valence-electron chi connectivity index (χ1n) is 11.4. The highest BCUT2D eigenvalue weighted by Gasteiger charge is 2.39. The number of imidazole rings is 1. The summed E-state index contributed by atoms with van der Waals surface area (Å²) in [5.41, 5.74) is 4.94. The minimum absolute atomic E-state index is 0.0853. The smallest absolute Gasteiger partial charge is 0.258 e. The third-order valence-electron chi connectivity index (χ3n) is 5.98. The van der Waals surface area contributed by atoms with Crippen LogP contribution in [0.2, 0.25) is 5.02 Å². The lowest BCUT2D eigenvalue weighted by Gasteiger charge is -2.28. The molecule has 1 aromatic carbocycles. The van der Waals surface area contributed by atoms with Crippen molar-refractivity contribution in [1.29, 1.82) is 0 Å². The lowest BCUT2D eigenvalue weighted by Crippen LogP contribution is -2.34. The molecule has 4 rings (SSSR count). The number of nitrogens with two attached hydrogens (primary N) is 1. The summed E-state index contributed by atoms with van der Waals surface area (Å²) in [6.07, 6.45) is 4.22. The van der Waals surface area contributed by atoms with Gasteiger partial charge in [-0.05, 0) is 46.6 Å². The Morgan fingerprint density at radius 3 is 2.91 bits per heavy atom. The molecular weight excluding hydrogens is 477 g/mol. The number of ether oxygens (including phenoxy) is 2. The van der Waals surface area contributed by atoms with Crippen LogP contribution in [-0.4, -0.2) is 50.7 Å². The van der Waals surface area contributed by atoms with E-state index >= 15 is 4.39 Å². The number of aromatic nitrogens is 3. The second-order valence-corrected chi connectivity index (χ2v) is 9.47. The van der Waals surface area contributed by atoms with Crippen LogP contribution >= 0.6 is 11.6 Å². The van der Waals surface area contributed by atoms with Gasteiger partial charge in [-0.25, -0.2) is 14.4 Å². The number of carbonyl (C=O) groups is 1. The number of amides is 1. The Morgan fingerprint density at radius 2 is 2.26 bits per heavy atom. The van der Waals surface area contributed by atoms with Gasteiger partial charge in [-0.15, -0.1) is 0 Å². The first-order valence-corrected chi connectivity index (χ1v) is 11.8. The maximum Gasteiger partial charge on any atom is 0.258 e. The number of aryl methyl sites for hydroxylation is 1. The van der Waals surface area contributed by atoms with Crippen molar-refractivity contribution in [3.05, 3.63) is 51.9 Å². The number of fused-ring (bicyclic) bond motifs is 1. The van der Waals surface area contributed by atoms with Crippen molar-refractivity contribution < 1.29 is 23.8 Å². The van der Waals surface area contributed by atoms with Crippen molar-refractivity contribution in [2.75, 3.05) is 18.9 Å². The number of aliphatic hydroxyl groups is 1. The fraction of sp³-hybridized carbons (Fsp3) is 0.458. The monoisotopic (exact) mass is 505 g/mol. The van der Waals surface area contributed by atoms with Crippen molar-refractivity contribution in [3.8, 4) is 5.75 Å².